The van der Waals surface area contributed by atoms with E-state index in [9.17, 15) is 13.6 Å². The largest absolute Gasteiger partial charge is 0.322 e. The molecule has 0 bridgehead atoms. The monoisotopic (exact) mass is 484 g/mol. The standard InChI is InChI=1S/C29H26F2N4O/c1-3-19-8-6-9-21(15-19)32-29(36)35-14-13-26-24(17-35)27(22-10-5-4-7-18(22)2)34-28(33-26)23-12-11-20(30)16-25(23)31/h4-12,15-16H,3,13-14,17H2,1-2H3,(H,32,36). The number of nitrogens with one attached hydrogen (secondary N) is 1. The van der Waals surface area contributed by atoms with Crippen LogP contribution in [0.4, 0.5) is 19.3 Å². The van der Waals surface area contributed by atoms with Crippen LogP contribution in [-0.2, 0) is 19.4 Å². The molecule has 1 N–H and O–H groups in total. The van der Waals surface area contributed by atoms with Gasteiger partial charge in [-0.2, -0.15) is 0 Å². The van der Waals surface area contributed by atoms with Crippen LogP contribution in [0.25, 0.3) is 22.6 Å². The molecule has 0 unspecified atom stereocenters. The maximum Gasteiger partial charge on any atom is 0.322 e. The van der Waals surface area contributed by atoms with Crippen LogP contribution in [-0.4, -0.2) is 27.4 Å². The average Bonchev–Trinajstić information content (AvgIpc) is 2.88. The second-order valence-corrected chi connectivity index (χ2v) is 8.92. The molecule has 0 atom stereocenters. The molecule has 0 fully saturated rings. The van der Waals surface area contributed by atoms with Crippen molar-refractivity contribution in [3.63, 3.8) is 0 Å². The highest BCUT2D eigenvalue weighted by molar-refractivity contribution is 5.89. The van der Waals surface area contributed by atoms with Gasteiger partial charge in [0.1, 0.15) is 11.6 Å². The SMILES string of the molecule is CCc1cccc(NC(=O)N2CCc3nc(-c4ccc(F)cc4F)nc(-c4ccccc4C)c3C2)c1. The molecule has 1 aliphatic heterocycles. The molecule has 0 saturated heterocycles. The molecule has 5 nitrogen and oxygen atoms in total. The highest BCUT2D eigenvalue weighted by Gasteiger charge is 2.27. The van der Waals surface area contributed by atoms with Crippen molar-refractivity contribution in [2.24, 2.45) is 0 Å². The van der Waals surface area contributed by atoms with Crippen molar-refractivity contribution < 1.29 is 13.6 Å². The number of benzene rings is 3. The molecule has 0 radical (unpaired) electrons. The summed E-state index contributed by atoms with van der Waals surface area (Å²) >= 11 is 0. The van der Waals surface area contributed by atoms with Gasteiger partial charge in [0.15, 0.2) is 5.82 Å². The van der Waals surface area contributed by atoms with E-state index in [2.05, 4.69) is 17.2 Å². The summed E-state index contributed by atoms with van der Waals surface area (Å²) in [4.78, 5) is 24.3. The molecule has 0 spiro atoms. The van der Waals surface area contributed by atoms with E-state index in [0.717, 1.165) is 46.1 Å². The van der Waals surface area contributed by atoms with Crippen LogP contribution in [0.5, 0.6) is 0 Å². The van der Waals surface area contributed by atoms with Gasteiger partial charge in [0.25, 0.3) is 0 Å². The van der Waals surface area contributed by atoms with Crippen LogP contribution in [0, 0.1) is 18.6 Å². The van der Waals surface area contributed by atoms with Gasteiger partial charge in [-0.3, -0.25) is 0 Å². The highest BCUT2D eigenvalue weighted by Crippen LogP contribution is 2.33. The van der Waals surface area contributed by atoms with Crippen LogP contribution in [0.3, 0.4) is 0 Å². The summed E-state index contributed by atoms with van der Waals surface area (Å²) in [6.45, 7) is 4.84. The van der Waals surface area contributed by atoms with Crippen LogP contribution in [0.1, 0.15) is 29.3 Å². The van der Waals surface area contributed by atoms with Gasteiger partial charge in [-0.25, -0.2) is 23.5 Å². The summed E-state index contributed by atoms with van der Waals surface area (Å²) in [5, 5.41) is 3.00. The summed E-state index contributed by atoms with van der Waals surface area (Å²) in [5.41, 5.74) is 6.18. The Morgan fingerprint density at radius 3 is 2.61 bits per heavy atom. The van der Waals surface area contributed by atoms with Crippen molar-refractivity contribution in [2.45, 2.75) is 33.2 Å². The Morgan fingerprint density at radius 2 is 1.83 bits per heavy atom. The molecule has 3 aromatic carbocycles. The van der Waals surface area contributed by atoms with Gasteiger partial charge >= 0.3 is 6.03 Å². The minimum absolute atomic E-state index is 0.144. The van der Waals surface area contributed by atoms with E-state index in [4.69, 9.17) is 4.98 Å². The number of amides is 2. The fourth-order valence-electron chi connectivity index (χ4n) is 4.51. The first-order chi connectivity index (χ1) is 17.4. The molecule has 36 heavy (non-hydrogen) atoms. The van der Waals surface area contributed by atoms with Crippen molar-refractivity contribution in [2.75, 3.05) is 11.9 Å². The lowest BCUT2D eigenvalue weighted by Crippen LogP contribution is -2.39. The fraction of sp³-hybridized carbons (Fsp3) is 0.207. The van der Waals surface area contributed by atoms with E-state index >= 15 is 0 Å². The molecule has 0 saturated carbocycles. The van der Waals surface area contributed by atoms with Gasteiger partial charge in [0.2, 0.25) is 0 Å². The molecule has 1 aromatic heterocycles. The topological polar surface area (TPSA) is 58.1 Å². The third kappa shape index (κ3) is 4.69. The first kappa shape index (κ1) is 23.6. The van der Waals surface area contributed by atoms with E-state index in [1.807, 2.05) is 55.5 Å². The first-order valence-corrected chi connectivity index (χ1v) is 12.0. The Hall–Kier alpha value is -4.13. The molecule has 182 valence electrons. The van der Waals surface area contributed by atoms with Gasteiger partial charge < -0.3 is 10.2 Å². The second kappa shape index (κ2) is 9.85. The smallest absolute Gasteiger partial charge is 0.320 e. The summed E-state index contributed by atoms with van der Waals surface area (Å²) in [7, 11) is 0. The van der Waals surface area contributed by atoms with E-state index in [-0.39, 0.29) is 17.4 Å². The number of carbonyl (C=O) groups excluding carboxylic acids is 1. The normalized spacial score (nSPS) is 12.8. The predicted octanol–water partition coefficient (Wildman–Crippen LogP) is 6.55. The Kier molecular flexibility index (Phi) is 6.46. The molecule has 5 rings (SSSR count). The van der Waals surface area contributed by atoms with Crippen molar-refractivity contribution in [3.8, 4) is 22.6 Å². The van der Waals surface area contributed by atoms with E-state index in [1.165, 1.54) is 12.1 Å². The molecular weight excluding hydrogens is 458 g/mol. The zero-order valence-electron chi connectivity index (χ0n) is 20.2. The van der Waals surface area contributed by atoms with Gasteiger partial charge in [0.05, 0.1) is 23.5 Å². The Bertz CT molecular complexity index is 1450. The summed E-state index contributed by atoms with van der Waals surface area (Å²) in [6, 6.07) is 18.8. The van der Waals surface area contributed by atoms with E-state index in [1.54, 1.807) is 4.90 Å². The van der Waals surface area contributed by atoms with Crippen LogP contribution < -0.4 is 5.32 Å². The Morgan fingerprint density at radius 1 is 1.00 bits per heavy atom. The quantitative estimate of drug-likeness (QED) is 0.357. The van der Waals surface area contributed by atoms with Crippen molar-refractivity contribution in [1.29, 1.82) is 0 Å². The molecule has 0 aliphatic carbocycles. The number of halogens is 2. The fourth-order valence-corrected chi connectivity index (χ4v) is 4.51. The number of rotatable bonds is 4. The number of nitrogens with zero attached hydrogens (tertiary/aromatic N) is 3. The molecular formula is C29H26F2N4O. The molecule has 2 heterocycles. The number of aryl methyl sites for hydroxylation is 2. The maximum atomic E-state index is 14.6. The summed E-state index contributed by atoms with van der Waals surface area (Å²) in [5.74, 6) is -1.16. The highest BCUT2D eigenvalue weighted by atomic mass is 19.1. The lowest BCUT2D eigenvalue weighted by atomic mass is 9.96. The minimum atomic E-state index is -0.711. The molecule has 1 aliphatic rings. The third-order valence-corrected chi connectivity index (χ3v) is 6.51. The summed E-state index contributed by atoms with van der Waals surface area (Å²) < 4.78 is 28.2. The van der Waals surface area contributed by atoms with Crippen LogP contribution in [0.15, 0.2) is 66.7 Å². The average molecular weight is 485 g/mol. The zero-order chi connectivity index (χ0) is 25.2. The lowest BCUT2D eigenvalue weighted by Gasteiger charge is -2.30. The lowest BCUT2D eigenvalue weighted by molar-refractivity contribution is 0.206. The van der Waals surface area contributed by atoms with Crippen LogP contribution in [0.2, 0.25) is 0 Å². The first-order valence-electron chi connectivity index (χ1n) is 12.0. The van der Waals surface area contributed by atoms with Gasteiger partial charge in [0, 0.05) is 35.8 Å². The Labute approximate surface area is 208 Å². The Balaban J connectivity index is 1.53. The van der Waals surface area contributed by atoms with Crippen LogP contribution >= 0.6 is 0 Å². The third-order valence-electron chi connectivity index (χ3n) is 6.51. The molecule has 4 aromatic rings. The molecule has 7 heteroatoms. The predicted molar refractivity (Wildman–Crippen MR) is 137 cm³/mol. The second-order valence-electron chi connectivity index (χ2n) is 8.92. The maximum absolute atomic E-state index is 14.6. The van der Waals surface area contributed by atoms with Crippen molar-refractivity contribution in [3.05, 3.63) is 101 Å². The van der Waals surface area contributed by atoms with Gasteiger partial charge in [-0.15, -0.1) is 0 Å². The number of fused-ring (bicyclic) bond motifs is 1. The van der Waals surface area contributed by atoms with Gasteiger partial charge in [-0.05, 0) is 48.7 Å². The number of carbonyl (C=O) groups is 1. The molecule has 2 amide bonds. The van der Waals surface area contributed by atoms with E-state index < -0.39 is 11.6 Å². The summed E-state index contributed by atoms with van der Waals surface area (Å²) in [6.07, 6.45) is 1.38. The number of hydrogen-bond acceptors (Lipinski definition) is 3. The van der Waals surface area contributed by atoms with Crippen molar-refractivity contribution in [1.82, 2.24) is 14.9 Å². The number of urea groups is 1. The number of anilines is 1. The number of aromatic nitrogens is 2. The van der Waals surface area contributed by atoms with Gasteiger partial charge in [-0.1, -0.05) is 43.3 Å². The van der Waals surface area contributed by atoms with E-state index in [0.29, 0.717) is 25.2 Å². The number of hydrogen-bond donors (Lipinski definition) is 1. The minimum Gasteiger partial charge on any atom is -0.320 e. The zero-order valence-corrected chi connectivity index (χ0v) is 20.2. The van der Waals surface area contributed by atoms with Crippen molar-refractivity contribution >= 4 is 11.7 Å².